The van der Waals surface area contributed by atoms with Crippen molar-refractivity contribution < 1.29 is 33.3 Å². The van der Waals surface area contributed by atoms with E-state index in [2.05, 4.69) is 55.4 Å². The van der Waals surface area contributed by atoms with Crippen molar-refractivity contribution in [2.24, 2.45) is 45.3 Å². The quantitative estimate of drug-likeness (QED) is 0.170. The van der Waals surface area contributed by atoms with Gasteiger partial charge in [-0.05, 0) is 107 Å². The molecule has 11 atom stereocenters. The number of carbonyl (C=O) groups excluding carboxylic acids is 3. The fourth-order valence-electron chi connectivity index (χ4n) is 11.9. The number of hydrogen-bond acceptors (Lipinski definition) is 7. The summed E-state index contributed by atoms with van der Waals surface area (Å²) < 4.78 is 24.5. The number of ether oxygens (including phenoxy) is 4. The maximum absolute atomic E-state index is 12.7. The van der Waals surface area contributed by atoms with Gasteiger partial charge in [0.15, 0.2) is 0 Å². The molecule has 5 rings (SSSR count). The van der Waals surface area contributed by atoms with Gasteiger partial charge < -0.3 is 18.9 Å². The lowest BCUT2D eigenvalue weighted by molar-refractivity contribution is -0.253. The molecular formula is C36H58O7. The zero-order valence-corrected chi connectivity index (χ0v) is 28.8. The van der Waals surface area contributed by atoms with Gasteiger partial charge >= 0.3 is 17.9 Å². The molecule has 7 heteroatoms. The second-order valence-corrected chi connectivity index (χ2v) is 17.2. The molecule has 0 spiro atoms. The number of carbonyl (C=O) groups is 3. The van der Waals surface area contributed by atoms with Crippen molar-refractivity contribution in [2.75, 3.05) is 0 Å². The second-order valence-electron chi connectivity index (χ2n) is 17.2. The van der Waals surface area contributed by atoms with Crippen LogP contribution in [0.15, 0.2) is 0 Å². The molecule has 0 radical (unpaired) electrons. The van der Waals surface area contributed by atoms with Crippen molar-refractivity contribution >= 4 is 17.9 Å². The van der Waals surface area contributed by atoms with E-state index in [1.807, 2.05) is 0 Å². The van der Waals surface area contributed by atoms with Crippen LogP contribution in [0.2, 0.25) is 0 Å². The molecule has 244 valence electrons. The van der Waals surface area contributed by atoms with E-state index < -0.39 is 5.60 Å². The lowest BCUT2D eigenvalue weighted by Gasteiger charge is -2.70. The third-order valence-corrected chi connectivity index (χ3v) is 14.2. The van der Waals surface area contributed by atoms with Crippen LogP contribution in [0.5, 0.6) is 0 Å². The maximum Gasteiger partial charge on any atom is 0.303 e. The van der Waals surface area contributed by atoms with Crippen LogP contribution in [0.3, 0.4) is 0 Å². The minimum absolute atomic E-state index is 0.0334. The zero-order valence-electron chi connectivity index (χ0n) is 28.8. The molecule has 0 aromatic rings. The Morgan fingerprint density at radius 1 is 0.791 bits per heavy atom. The predicted molar refractivity (Wildman–Crippen MR) is 164 cm³/mol. The maximum atomic E-state index is 12.7. The molecule has 1 aliphatic heterocycles. The van der Waals surface area contributed by atoms with Gasteiger partial charge in [0.05, 0.1) is 11.7 Å². The van der Waals surface area contributed by atoms with Gasteiger partial charge in [-0.25, -0.2) is 0 Å². The van der Waals surface area contributed by atoms with Crippen LogP contribution in [0.4, 0.5) is 0 Å². The SMILES string of the molecule is CC(=O)OC1CC2[C@@]3(C)CC[C@H](OC(C)=O)C(C)(C)C3CC[C@@]2(C)[C@]2(C)CCC(C(C)(CCC3OC3(C)C)OC(C)=O)[C@@H]12. The van der Waals surface area contributed by atoms with E-state index in [-0.39, 0.29) is 75.3 Å². The Labute approximate surface area is 259 Å². The molecule has 6 unspecified atom stereocenters. The van der Waals surface area contributed by atoms with E-state index >= 15 is 0 Å². The first-order valence-corrected chi connectivity index (χ1v) is 16.9. The standard InChI is InChI=1S/C36H58O7/c1-21(37)40-25-20-27-33(8)16-14-28(41-22(2)38)31(4,5)26(33)13-18-34(27,9)35(10)17-12-24(30(25)35)36(11,42-23(3)39)19-15-29-32(6,7)43-29/h24-30H,12-20H2,1-11H3/t24?,25?,26?,27?,28-,29?,30-,33-,34+,35+,36?/m0/s1. The van der Waals surface area contributed by atoms with E-state index in [1.54, 1.807) is 0 Å². The number of rotatable bonds is 7. The van der Waals surface area contributed by atoms with Gasteiger partial charge in [0.2, 0.25) is 0 Å². The molecule has 0 amide bonds. The van der Waals surface area contributed by atoms with Crippen LogP contribution >= 0.6 is 0 Å². The molecule has 4 aliphatic carbocycles. The highest BCUT2D eigenvalue weighted by molar-refractivity contribution is 5.67. The summed E-state index contributed by atoms with van der Waals surface area (Å²) in [6.45, 7) is 23.0. The van der Waals surface area contributed by atoms with Crippen LogP contribution in [-0.4, -0.2) is 47.4 Å². The Kier molecular flexibility index (Phi) is 7.96. The summed E-state index contributed by atoms with van der Waals surface area (Å²) in [4.78, 5) is 37.3. The van der Waals surface area contributed by atoms with Crippen LogP contribution in [0.25, 0.3) is 0 Å². The Bertz CT molecular complexity index is 1140. The number of fused-ring (bicyclic) bond motifs is 5. The summed E-state index contributed by atoms with van der Waals surface area (Å²) >= 11 is 0. The predicted octanol–water partition coefficient (Wildman–Crippen LogP) is 7.42. The van der Waals surface area contributed by atoms with Crippen molar-refractivity contribution in [3.8, 4) is 0 Å². The van der Waals surface area contributed by atoms with Crippen LogP contribution in [0.1, 0.15) is 134 Å². The average Bonchev–Trinajstić information content (AvgIpc) is 3.29. The van der Waals surface area contributed by atoms with Gasteiger partial charge in [-0.15, -0.1) is 0 Å². The summed E-state index contributed by atoms with van der Waals surface area (Å²) in [5.74, 6) is 0.264. The minimum atomic E-state index is -0.664. The molecule has 1 heterocycles. The lowest BCUT2D eigenvalue weighted by Crippen LogP contribution is -2.67. The van der Waals surface area contributed by atoms with E-state index in [0.717, 1.165) is 57.8 Å². The first kappa shape index (κ1) is 32.8. The molecule has 5 fully saturated rings. The van der Waals surface area contributed by atoms with Crippen LogP contribution in [-0.2, 0) is 33.3 Å². The highest BCUT2D eigenvalue weighted by Gasteiger charge is 2.72. The molecule has 4 saturated carbocycles. The zero-order chi connectivity index (χ0) is 32.0. The van der Waals surface area contributed by atoms with Gasteiger partial charge in [-0.1, -0.05) is 34.6 Å². The Balaban J connectivity index is 1.52. The van der Waals surface area contributed by atoms with Crippen LogP contribution in [0, 0.1) is 45.3 Å². The smallest absolute Gasteiger partial charge is 0.303 e. The molecule has 43 heavy (non-hydrogen) atoms. The van der Waals surface area contributed by atoms with Crippen molar-refractivity contribution in [3.05, 3.63) is 0 Å². The van der Waals surface area contributed by atoms with Crippen LogP contribution < -0.4 is 0 Å². The minimum Gasteiger partial charge on any atom is -0.462 e. The summed E-state index contributed by atoms with van der Waals surface area (Å²) in [7, 11) is 0. The van der Waals surface area contributed by atoms with E-state index in [1.165, 1.54) is 20.8 Å². The topological polar surface area (TPSA) is 91.4 Å². The number of epoxide rings is 1. The van der Waals surface area contributed by atoms with Crippen molar-refractivity contribution in [2.45, 2.75) is 163 Å². The fraction of sp³-hybridized carbons (Fsp3) is 0.917. The summed E-state index contributed by atoms with van der Waals surface area (Å²) in [5, 5.41) is 0. The molecule has 0 N–H and O–H groups in total. The fourth-order valence-corrected chi connectivity index (χ4v) is 11.9. The average molecular weight is 603 g/mol. The van der Waals surface area contributed by atoms with Crippen molar-refractivity contribution in [3.63, 3.8) is 0 Å². The molecule has 1 saturated heterocycles. The van der Waals surface area contributed by atoms with E-state index in [9.17, 15) is 14.4 Å². The largest absolute Gasteiger partial charge is 0.462 e. The third kappa shape index (κ3) is 5.16. The molecule has 5 aliphatic rings. The van der Waals surface area contributed by atoms with Gasteiger partial charge in [0.25, 0.3) is 0 Å². The van der Waals surface area contributed by atoms with Gasteiger partial charge in [-0.2, -0.15) is 0 Å². The Morgan fingerprint density at radius 2 is 1.40 bits per heavy atom. The summed E-state index contributed by atoms with van der Waals surface area (Å²) in [6.07, 6.45) is 8.27. The van der Waals surface area contributed by atoms with Crippen molar-refractivity contribution in [1.29, 1.82) is 0 Å². The summed E-state index contributed by atoms with van der Waals surface area (Å²) in [5.41, 5.74) is -0.933. The monoisotopic (exact) mass is 602 g/mol. The molecule has 7 nitrogen and oxygen atoms in total. The summed E-state index contributed by atoms with van der Waals surface area (Å²) in [6, 6.07) is 0. The highest BCUT2D eigenvalue weighted by Crippen LogP contribution is 2.76. The lowest BCUT2D eigenvalue weighted by atomic mass is 9.35. The van der Waals surface area contributed by atoms with E-state index in [4.69, 9.17) is 18.9 Å². The first-order chi connectivity index (χ1) is 19.7. The van der Waals surface area contributed by atoms with Gasteiger partial charge in [0.1, 0.15) is 17.8 Å². The second kappa shape index (κ2) is 10.5. The third-order valence-electron chi connectivity index (χ3n) is 14.2. The molecule has 0 aromatic heterocycles. The highest BCUT2D eigenvalue weighted by atomic mass is 16.6. The first-order valence-electron chi connectivity index (χ1n) is 16.9. The Hall–Kier alpha value is -1.63. The van der Waals surface area contributed by atoms with Gasteiger partial charge in [-0.3, -0.25) is 14.4 Å². The molecule has 0 bridgehead atoms. The molecular weight excluding hydrogens is 544 g/mol. The van der Waals surface area contributed by atoms with Crippen molar-refractivity contribution in [1.82, 2.24) is 0 Å². The van der Waals surface area contributed by atoms with Gasteiger partial charge in [0, 0.05) is 38.0 Å². The molecule has 0 aromatic carbocycles. The van der Waals surface area contributed by atoms with E-state index in [0.29, 0.717) is 11.8 Å². The normalized spacial score (nSPS) is 45.4. The Morgan fingerprint density at radius 3 is 1.95 bits per heavy atom. The number of esters is 3. The number of hydrogen-bond donors (Lipinski definition) is 0.